The third-order valence-corrected chi connectivity index (χ3v) is 2.65. The molecule has 1 N–H and O–H groups in total. The standard InChI is InChI=1S/C13H15N3O2/c1-8(2)12-5-11(13(17)18)15-16(12)10-4-9(3)6-14-7-10/h4-8H,1-3H3,(H,17,18). The second-order valence-corrected chi connectivity index (χ2v) is 4.55. The largest absolute Gasteiger partial charge is 0.476 e. The van der Waals surface area contributed by atoms with Gasteiger partial charge in [-0.3, -0.25) is 4.98 Å². The lowest BCUT2D eigenvalue weighted by molar-refractivity contribution is 0.0690. The van der Waals surface area contributed by atoms with E-state index in [1.165, 1.54) is 0 Å². The Balaban J connectivity index is 2.58. The van der Waals surface area contributed by atoms with E-state index in [9.17, 15) is 4.79 Å². The van der Waals surface area contributed by atoms with E-state index < -0.39 is 5.97 Å². The molecule has 2 aromatic rings. The number of carbonyl (C=O) groups is 1. The van der Waals surface area contributed by atoms with Crippen molar-refractivity contribution in [2.45, 2.75) is 26.7 Å². The first kappa shape index (κ1) is 12.3. The molecule has 0 saturated heterocycles. The Bertz CT molecular complexity index is 588. The van der Waals surface area contributed by atoms with E-state index in [0.717, 1.165) is 16.9 Å². The monoisotopic (exact) mass is 245 g/mol. The number of carboxylic acids is 1. The molecule has 2 heterocycles. The van der Waals surface area contributed by atoms with Crippen LogP contribution in [0.4, 0.5) is 0 Å². The average molecular weight is 245 g/mol. The summed E-state index contributed by atoms with van der Waals surface area (Å²) in [6, 6.07) is 3.53. The van der Waals surface area contributed by atoms with E-state index in [-0.39, 0.29) is 11.6 Å². The van der Waals surface area contributed by atoms with Gasteiger partial charge in [0.2, 0.25) is 0 Å². The molecule has 0 aliphatic rings. The zero-order chi connectivity index (χ0) is 13.3. The fourth-order valence-electron chi connectivity index (χ4n) is 1.77. The van der Waals surface area contributed by atoms with E-state index in [4.69, 9.17) is 5.11 Å². The predicted octanol–water partition coefficient (Wildman–Crippen LogP) is 2.40. The number of nitrogens with zero attached hydrogens (tertiary/aromatic N) is 3. The Morgan fingerprint density at radius 1 is 1.33 bits per heavy atom. The Kier molecular flexibility index (Phi) is 3.14. The van der Waals surface area contributed by atoms with Crippen LogP contribution in [0, 0.1) is 6.92 Å². The maximum Gasteiger partial charge on any atom is 0.356 e. The van der Waals surface area contributed by atoms with Crippen molar-refractivity contribution in [2.24, 2.45) is 0 Å². The van der Waals surface area contributed by atoms with Gasteiger partial charge in [0.15, 0.2) is 5.69 Å². The summed E-state index contributed by atoms with van der Waals surface area (Å²) >= 11 is 0. The first-order valence-corrected chi connectivity index (χ1v) is 5.74. The third kappa shape index (κ3) is 2.25. The normalized spacial score (nSPS) is 10.9. The number of pyridine rings is 1. The second kappa shape index (κ2) is 4.60. The summed E-state index contributed by atoms with van der Waals surface area (Å²) in [6.07, 6.45) is 3.43. The Hall–Kier alpha value is -2.17. The molecular weight excluding hydrogens is 230 g/mol. The number of rotatable bonds is 3. The molecule has 0 radical (unpaired) electrons. The highest BCUT2D eigenvalue weighted by atomic mass is 16.4. The fourth-order valence-corrected chi connectivity index (χ4v) is 1.77. The molecule has 0 aromatic carbocycles. The number of hydrogen-bond acceptors (Lipinski definition) is 3. The van der Waals surface area contributed by atoms with Crippen molar-refractivity contribution in [3.05, 3.63) is 41.5 Å². The molecule has 5 heteroatoms. The van der Waals surface area contributed by atoms with Gasteiger partial charge in [-0.25, -0.2) is 9.48 Å². The van der Waals surface area contributed by atoms with Crippen molar-refractivity contribution in [3.63, 3.8) is 0 Å². The zero-order valence-corrected chi connectivity index (χ0v) is 10.6. The number of aromatic carboxylic acids is 1. The molecule has 0 bridgehead atoms. The summed E-state index contributed by atoms with van der Waals surface area (Å²) in [5, 5.41) is 13.1. The molecule has 0 spiro atoms. The first-order valence-electron chi connectivity index (χ1n) is 5.74. The molecular formula is C13H15N3O2. The van der Waals surface area contributed by atoms with Crippen LogP contribution in [0.1, 0.15) is 41.5 Å². The van der Waals surface area contributed by atoms with Crippen molar-refractivity contribution < 1.29 is 9.90 Å². The molecule has 94 valence electrons. The molecule has 2 rings (SSSR count). The molecule has 0 aliphatic carbocycles. The van der Waals surface area contributed by atoms with Gasteiger partial charge < -0.3 is 5.11 Å². The lowest BCUT2D eigenvalue weighted by Crippen LogP contribution is -2.05. The topological polar surface area (TPSA) is 68.0 Å². The Morgan fingerprint density at radius 3 is 2.61 bits per heavy atom. The number of aryl methyl sites for hydroxylation is 1. The number of hydrogen-bond donors (Lipinski definition) is 1. The van der Waals surface area contributed by atoms with Gasteiger partial charge in [0, 0.05) is 11.9 Å². The number of aromatic nitrogens is 3. The van der Waals surface area contributed by atoms with Gasteiger partial charge in [-0.1, -0.05) is 13.8 Å². The van der Waals surface area contributed by atoms with E-state index in [1.54, 1.807) is 23.1 Å². The third-order valence-electron chi connectivity index (χ3n) is 2.65. The Labute approximate surface area is 105 Å². The molecule has 2 aromatic heterocycles. The molecule has 5 nitrogen and oxygen atoms in total. The smallest absolute Gasteiger partial charge is 0.356 e. The Morgan fingerprint density at radius 2 is 2.06 bits per heavy atom. The van der Waals surface area contributed by atoms with E-state index in [0.29, 0.717) is 0 Å². The molecule has 0 saturated carbocycles. The lowest BCUT2D eigenvalue weighted by Gasteiger charge is -2.09. The molecule has 0 amide bonds. The molecule has 0 atom stereocenters. The molecule has 0 aliphatic heterocycles. The van der Waals surface area contributed by atoms with Crippen LogP contribution in [0.5, 0.6) is 0 Å². The van der Waals surface area contributed by atoms with Gasteiger partial charge in [0.25, 0.3) is 0 Å². The van der Waals surface area contributed by atoms with Gasteiger partial charge in [-0.2, -0.15) is 5.10 Å². The first-order chi connectivity index (χ1) is 8.49. The average Bonchev–Trinajstić information content (AvgIpc) is 2.73. The van der Waals surface area contributed by atoms with Crippen LogP contribution in [-0.4, -0.2) is 25.8 Å². The summed E-state index contributed by atoms with van der Waals surface area (Å²) in [5.41, 5.74) is 2.71. The van der Waals surface area contributed by atoms with Gasteiger partial charge in [0.1, 0.15) is 0 Å². The summed E-state index contributed by atoms with van der Waals surface area (Å²) < 4.78 is 1.65. The molecule has 0 fully saturated rings. The minimum atomic E-state index is -1.02. The molecule has 18 heavy (non-hydrogen) atoms. The summed E-state index contributed by atoms with van der Waals surface area (Å²) in [7, 11) is 0. The van der Waals surface area contributed by atoms with Crippen LogP contribution < -0.4 is 0 Å². The zero-order valence-electron chi connectivity index (χ0n) is 10.6. The molecule has 0 unspecified atom stereocenters. The summed E-state index contributed by atoms with van der Waals surface area (Å²) in [6.45, 7) is 5.94. The SMILES string of the molecule is Cc1cncc(-n2nc(C(=O)O)cc2C(C)C)c1. The van der Waals surface area contributed by atoms with E-state index in [2.05, 4.69) is 10.1 Å². The van der Waals surface area contributed by atoms with Crippen LogP contribution in [0.2, 0.25) is 0 Å². The van der Waals surface area contributed by atoms with Crippen molar-refractivity contribution >= 4 is 5.97 Å². The second-order valence-electron chi connectivity index (χ2n) is 4.55. The van der Waals surface area contributed by atoms with Crippen LogP contribution in [-0.2, 0) is 0 Å². The van der Waals surface area contributed by atoms with Gasteiger partial charge in [0.05, 0.1) is 11.9 Å². The highest BCUT2D eigenvalue weighted by Gasteiger charge is 2.16. The summed E-state index contributed by atoms with van der Waals surface area (Å²) in [4.78, 5) is 15.1. The van der Waals surface area contributed by atoms with Crippen LogP contribution in [0.25, 0.3) is 5.69 Å². The fraction of sp³-hybridized carbons (Fsp3) is 0.308. The van der Waals surface area contributed by atoms with Gasteiger partial charge in [-0.05, 0) is 30.5 Å². The van der Waals surface area contributed by atoms with Gasteiger partial charge in [-0.15, -0.1) is 0 Å². The maximum absolute atomic E-state index is 11.0. The predicted molar refractivity (Wildman–Crippen MR) is 67.1 cm³/mol. The highest BCUT2D eigenvalue weighted by molar-refractivity contribution is 5.85. The van der Waals surface area contributed by atoms with Crippen molar-refractivity contribution in [1.29, 1.82) is 0 Å². The quantitative estimate of drug-likeness (QED) is 0.901. The van der Waals surface area contributed by atoms with Crippen molar-refractivity contribution in [3.8, 4) is 5.69 Å². The van der Waals surface area contributed by atoms with Gasteiger partial charge >= 0.3 is 5.97 Å². The van der Waals surface area contributed by atoms with Crippen molar-refractivity contribution in [1.82, 2.24) is 14.8 Å². The maximum atomic E-state index is 11.0. The lowest BCUT2D eigenvalue weighted by atomic mass is 10.1. The minimum absolute atomic E-state index is 0.0557. The van der Waals surface area contributed by atoms with E-state index in [1.807, 2.05) is 26.8 Å². The van der Waals surface area contributed by atoms with Crippen molar-refractivity contribution in [2.75, 3.05) is 0 Å². The highest BCUT2D eigenvalue weighted by Crippen LogP contribution is 2.20. The minimum Gasteiger partial charge on any atom is -0.476 e. The van der Waals surface area contributed by atoms with Crippen LogP contribution in [0.15, 0.2) is 24.5 Å². The van der Waals surface area contributed by atoms with Crippen LogP contribution in [0.3, 0.4) is 0 Å². The summed E-state index contributed by atoms with van der Waals surface area (Å²) in [5.74, 6) is -0.831. The number of carboxylic acid groups (broad SMARTS) is 1. The van der Waals surface area contributed by atoms with Crippen LogP contribution >= 0.6 is 0 Å². The van der Waals surface area contributed by atoms with E-state index >= 15 is 0 Å².